The van der Waals surface area contributed by atoms with Crippen molar-refractivity contribution in [2.24, 2.45) is 0 Å². The van der Waals surface area contributed by atoms with Crippen LogP contribution in [-0.2, 0) is 19.4 Å². The van der Waals surface area contributed by atoms with Crippen LogP contribution in [0.1, 0.15) is 0 Å². The molecule has 0 aromatic heterocycles. The maximum atomic E-state index is 12.3. The first-order chi connectivity index (χ1) is 11.9. The fraction of sp³-hybridized carbons (Fsp3) is 0.429. The highest BCUT2D eigenvalue weighted by Crippen LogP contribution is 2.36. The lowest BCUT2D eigenvalue weighted by Crippen LogP contribution is -2.54. The number of carbonyl (C=O) groups excluding carboxylic acids is 2. The van der Waals surface area contributed by atoms with Gasteiger partial charge in [0.1, 0.15) is 18.2 Å². The Morgan fingerprint density at radius 2 is 2.04 bits per heavy atom. The van der Waals surface area contributed by atoms with Gasteiger partial charge in [-0.05, 0) is 18.2 Å². The molecule has 1 atom stereocenters. The van der Waals surface area contributed by atoms with Crippen LogP contribution in [0.4, 0.5) is 18.9 Å². The normalized spacial score (nSPS) is 17.3. The third-order valence-electron chi connectivity index (χ3n) is 3.55. The minimum atomic E-state index is -5.07. The van der Waals surface area contributed by atoms with E-state index in [1.54, 1.807) is 5.32 Å². The molecule has 26 heavy (non-hydrogen) atoms. The van der Waals surface area contributed by atoms with E-state index in [1.807, 2.05) is 0 Å². The second kappa shape index (κ2) is 7.31. The molecule has 1 aliphatic heterocycles. The molecular formula is C14H14ClF3N2O5S. The topological polar surface area (TPSA) is 92.8 Å². The predicted octanol–water partition coefficient (Wildman–Crippen LogP) is 1.10. The van der Waals surface area contributed by atoms with Crippen molar-refractivity contribution in [3.8, 4) is 5.75 Å². The van der Waals surface area contributed by atoms with Gasteiger partial charge in [-0.1, -0.05) is 0 Å². The Labute approximate surface area is 152 Å². The summed E-state index contributed by atoms with van der Waals surface area (Å²) < 4.78 is 65.8. The zero-order valence-electron chi connectivity index (χ0n) is 13.3. The fourth-order valence-corrected chi connectivity index (χ4v) is 3.13. The molecule has 1 N–H and O–H groups in total. The van der Waals surface area contributed by atoms with Crippen LogP contribution in [-0.4, -0.2) is 57.7 Å². The van der Waals surface area contributed by atoms with Crippen LogP contribution >= 0.6 is 11.6 Å². The maximum absolute atomic E-state index is 12.3. The number of amides is 2. The molecule has 144 valence electrons. The molecule has 0 aliphatic carbocycles. The second-order valence-corrected chi connectivity index (χ2v) is 7.75. The van der Waals surface area contributed by atoms with Gasteiger partial charge in [0, 0.05) is 12.8 Å². The Morgan fingerprint density at radius 1 is 1.38 bits per heavy atom. The Hall–Kier alpha value is -2.01. The molecule has 1 aromatic rings. The number of sulfone groups is 1. The third-order valence-corrected chi connectivity index (χ3v) is 4.89. The van der Waals surface area contributed by atoms with E-state index in [0.29, 0.717) is 0 Å². The minimum absolute atomic E-state index is 0.0519. The van der Waals surface area contributed by atoms with Gasteiger partial charge in [-0.25, -0.2) is 8.42 Å². The van der Waals surface area contributed by atoms with E-state index >= 15 is 0 Å². The van der Waals surface area contributed by atoms with Crippen LogP contribution in [0.3, 0.4) is 0 Å². The monoisotopic (exact) mass is 414 g/mol. The molecule has 2 amide bonds. The number of alkyl halides is 4. The molecule has 12 heteroatoms. The second-order valence-electron chi connectivity index (χ2n) is 5.47. The zero-order chi connectivity index (χ0) is 19.7. The number of fused-ring (bicyclic) bond motifs is 1. The highest BCUT2D eigenvalue weighted by atomic mass is 35.5. The van der Waals surface area contributed by atoms with Gasteiger partial charge in [0.2, 0.25) is 5.91 Å². The van der Waals surface area contributed by atoms with Crippen molar-refractivity contribution < 1.29 is 35.9 Å². The summed E-state index contributed by atoms with van der Waals surface area (Å²) in [6.45, 7) is -0.754. The van der Waals surface area contributed by atoms with Crippen LogP contribution in [0.5, 0.6) is 5.75 Å². The van der Waals surface area contributed by atoms with Crippen LogP contribution in [0.25, 0.3) is 0 Å². The van der Waals surface area contributed by atoms with Crippen LogP contribution in [0.15, 0.2) is 23.1 Å². The first kappa shape index (κ1) is 20.3. The summed E-state index contributed by atoms with van der Waals surface area (Å²) in [5, 5.41) is 1.68. The molecule has 2 rings (SSSR count). The van der Waals surface area contributed by atoms with Crippen molar-refractivity contribution in [1.29, 1.82) is 0 Å². The minimum Gasteiger partial charge on any atom is -0.489 e. The van der Waals surface area contributed by atoms with Crippen molar-refractivity contribution in [1.82, 2.24) is 5.32 Å². The molecule has 0 spiro atoms. The van der Waals surface area contributed by atoms with E-state index in [9.17, 15) is 31.2 Å². The molecule has 0 fully saturated rings. The summed E-state index contributed by atoms with van der Waals surface area (Å²) in [6, 6.07) is 2.80. The zero-order valence-corrected chi connectivity index (χ0v) is 14.9. The van der Waals surface area contributed by atoms with Crippen molar-refractivity contribution in [2.75, 3.05) is 30.2 Å². The Kier molecular flexibility index (Phi) is 5.71. The molecule has 1 aromatic carbocycles. The van der Waals surface area contributed by atoms with Gasteiger partial charge in [-0.2, -0.15) is 13.2 Å². The maximum Gasteiger partial charge on any atom is 0.471 e. The number of ether oxygens (including phenoxy) is 1. The lowest BCUT2D eigenvalue weighted by molar-refractivity contribution is -0.173. The fourth-order valence-electron chi connectivity index (χ4n) is 2.36. The van der Waals surface area contributed by atoms with E-state index in [2.05, 4.69) is 0 Å². The summed E-state index contributed by atoms with van der Waals surface area (Å²) in [4.78, 5) is 24.1. The Balaban J connectivity index is 2.36. The van der Waals surface area contributed by atoms with Gasteiger partial charge in [0.15, 0.2) is 9.84 Å². The molecule has 0 radical (unpaired) electrons. The lowest BCUT2D eigenvalue weighted by atomic mass is 10.1. The number of carbonyl (C=O) groups is 2. The number of anilines is 1. The molecule has 0 saturated carbocycles. The van der Waals surface area contributed by atoms with Gasteiger partial charge < -0.3 is 10.1 Å². The molecule has 1 unspecified atom stereocenters. The largest absolute Gasteiger partial charge is 0.489 e. The Bertz CT molecular complexity index is 828. The number of nitrogens with zero attached hydrogens (tertiary/aromatic N) is 1. The number of halogens is 4. The highest BCUT2D eigenvalue weighted by Gasteiger charge is 2.40. The molecule has 0 saturated heterocycles. The number of hydrogen-bond acceptors (Lipinski definition) is 5. The molecule has 1 heterocycles. The van der Waals surface area contributed by atoms with E-state index in [-0.39, 0.29) is 22.9 Å². The standard InChI is InChI=1S/C14H14ClF3N2O5S/c1-26(23,24)9-2-3-11-10(4-9)20(12(21)5-15)8(7-25-11)6-19-13(22)14(16,17)18/h2-4,8H,5-7H2,1H3,(H,19,22). The van der Waals surface area contributed by atoms with Gasteiger partial charge in [-0.15, -0.1) is 11.6 Å². The summed E-state index contributed by atoms with van der Waals surface area (Å²) in [5.74, 6) is -3.15. The Morgan fingerprint density at radius 3 is 2.58 bits per heavy atom. The van der Waals surface area contributed by atoms with Gasteiger partial charge in [-0.3, -0.25) is 14.5 Å². The molecule has 1 aliphatic rings. The van der Waals surface area contributed by atoms with Gasteiger partial charge in [0.25, 0.3) is 0 Å². The summed E-state index contributed by atoms with van der Waals surface area (Å²) >= 11 is 5.56. The van der Waals surface area contributed by atoms with Gasteiger partial charge >= 0.3 is 12.1 Å². The van der Waals surface area contributed by atoms with Gasteiger partial charge in [0.05, 0.1) is 16.6 Å². The number of rotatable bonds is 4. The lowest BCUT2D eigenvalue weighted by Gasteiger charge is -2.37. The highest BCUT2D eigenvalue weighted by molar-refractivity contribution is 7.90. The average molecular weight is 415 g/mol. The average Bonchev–Trinajstić information content (AvgIpc) is 2.56. The predicted molar refractivity (Wildman–Crippen MR) is 86.1 cm³/mol. The first-order valence-corrected chi connectivity index (χ1v) is 9.57. The van der Waals surface area contributed by atoms with Crippen LogP contribution in [0.2, 0.25) is 0 Å². The summed E-state index contributed by atoms with van der Waals surface area (Å²) in [6.07, 6.45) is -4.11. The molecular weight excluding hydrogens is 401 g/mol. The quantitative estimate of drug-likeness (QED) is 0.745. The number of nitrogens with one attached hydrogen (secondary N) is 1. The van der Waals surface area contributed by atoms with Crippen LogP contribution in [0, 0.1) is 0 Å². The number of hydrogen-bond donors (Lipinski definition) is 1. The van der Waals surface area contributed by atoms with Crippen molar-refractivity contribution in [3.05, 3.63) is 18.2 Å². The van der Waals surface area contributed by atoms with E-state index in [0.717, 1.165) is 11.2 Å². The third kappa shape index (κ3) is 4.39. The first-order valence-electron chi connectivity index (χ1n) is 7.15. The van der Waals surface area contributed by atoms with Crippen molar-refractivity contribution in [3.63, 3.8) is 0 Å². The summed E-state index contributed by atoms with van der Waals surface area (Å²) in [5.41, 5.74) is 0.0519. The molecule has 0 bridgehead atoms. The SMILES string of the molecule is CS(=O)(=O)c1ccc2c(c1)N(C(=O)CCl)C(CNC(=O)C(F)(F)F)CO2. The van der Waals surface area contributed by atoms with Crippen LogP contribution < -0.4 is 15.0 Å². The van der Waals surface area contributed by atoms with Crippen molar-refractivity contribution >= 4 is 38.9 Å². The summed E-state index contributed by atoms with van der Waals surface area (Å²) in [7, 11) is -3.60. The van der Waals surface area contributed by atoms with E-state index < -0.39 is 46.3 Å². The smallest absolute Gasteiger partial charge is 0.471 e. The van der Waals surface area contributed by atoms with E-state index in [4.69, 9.17) is 16.3 Å². The van der Waals surface area contributed by atoms with Crippen molar-refractivity contribution in [2.45, 2.75) is 17.1 Å². The molecule has 7 nitrogen and oxygen atoms in total. The number of benzene rings is 1. The van der Waals surface area contributed by atoms with E-state index in [1.165, 1.54) is 18.2 Å².